The maximum Gasteiger partial charge on any atom is 0.311 e. The van der Waals surface area contributed by atoms with Crippen LogP contribution in [0.15, 0.2) is 60.7 Å². The van der Waals surface area contributed by atoms with Crippen LogP contribution in [-0.2, 0) is 18.8 Å². The molecule has 1 aliphatic carbocycles. The van der Waals surface area contributed by atoms with Crippen molar-refractivity contribution in [3.8, 4) is 0 Å². The van der Waals surface area contributed by atoms with E-state index in [0.717, 1.165) is 10.4 Å². The Morgan fingerprint density at radius 2 is 1.36 bits per heavy atom. The molecule has 0 aromatic heterocycles. The molecule has 0 unspecified atom stereocenters. The maximum atomic E-state index is 13.3. The molecule has 0 spiro atoms. The van der Waals surface area contributed by atoms with E-state index in [4.69, 9.17) is 9.16 Å². The molecule has 0 amide bonds. The third kappa shape index (κ3) is 5.30. The highest BCUT2D eigenvalue weighted by Gasteiger charge is 2.53. The summed E-state index contributed by atoms with van der Waals surface area (Å²) in [5.74, 6) is -0.167. The van der Waals surface area contributed by atoms with Crippen LogP contribution in [0.25, 0.3) is 0 Å². The summed E-state index contributed by atoms with van der Waals surface area (Å²) in [5, 5.41) is 2.05. The number of benzene rings is 2. The fraction of sp³-hybridized carbons (Fsp3) is 0.500. The first kappa shape index (κ1) is 25.4. The van der Waals surface area contributed by atoms with Gasteiger partial charge in [0.25, 0.3) is 8.32 Å². The summed E-state index contributed by atoms with van der Waals surface area (Å²) in [6, 6.07) is 20.6. The topological polar surface area (TPSA) is 52.6 Å². The van der Waals surface area contributed by atoms with Gasteiger partial charge in [-0.3, -0.25) is 9.59 Å². The number of hydrogen-bond acceptors (Lipinski definition) is 4. The van der Waals surface area contributed by atoms with Crippen molar-refractivity contribution >= 4 is 30.4 Å². The normalized spacial score (nSPS) is 22.2. The first-order chi connectivity index (χ1) is 15.4. The first-order valence-electron chi connectivity index (χ1n) is 11.9. The van der Waals surface area contributed by atoms with Crippen LogP contribution in [-0.4, -0.2) is 32.3 Å². The van der Waals surface area contributed by atoms with Gasteiger partial charge in [0.05, 0.1) is 5.41 Å². The Kier molecular flexibility index (Phi) is 7.35. The molecule has 1 aliphatic rings. The fourth-order valence-corrected chi connectivity index (χ4v) is 9.32. The third-order valence-corrected chi connectivity index (χ3v) is 11.6. The smallest absolute Gasteiger partial charge is 0.311 e. The second-order valence-corrected chi connectivity index (χ2v) is 15.6. The quantitative estimate of drug-likeness (QED) is 0.465. The van der Waals surface area contributed by atoms with E-state index in [2.05, 4.69) is 45.0 Å². The van der Waals surface area contributed by atoms with Crippen LogP contribution < -0.4 is 10.4 Å². The molecule has 0 bridgehead atoms. The monoisotopic (exact) mass is 466 g/mol. The van der Waals surface area contributed by atoms with Crippen LogP contribution in [0.2, 0.25) is 5.04 Å². The Balaban J connectivity index is 2.04. The van der Waals surface area contributed by atoms with Crippen molar-refractivity contribution in [1.82, 2.24) is 0 Å². The molecule has 0 aliphatic heterocycles. The van der Waals surface area contributed by atoms with Gasteiger partial charge in [-0.05, 0) is 36.2 Å². The zero-order chi connectivity index (χ0) is 24.4. The molecule has 0 heterocycles. The van der Waals surface area contributed by atoms with Crippen molar-refractivity contribution in [2.75, 3.05) is 0 Å². The molecule has 178 valence electrons. The van der Waals surface area contributed by atoms with Gasteiger partial charge in [0.15, 0.2) is 5.78 Å². The lowest BCUT2D eigenvalue weighted by Gasteiger charge is -2.46. The van der Waals surface area contributed by atoms with E-state index in [1.165, 1.54) is 0 Å². The number of ether oxygens (including phenoxy) is 1. The highest BCUT2D eigenvalue weighted by atomic mass is 28.4. The molecule has 33 heavy (non-hydrogen) atoms. The Bertz CT molecular complexity index is 917. The number of Topliss-reactive ketones (excluding diaryl/α,β-unsaturated/α-hetero) is 1. The van der Waals surface area contributed by atoms with E-state index in [1.807, 2.05) is 64.1 Å². The molecule has 1 saturated carbocycles. The molecule has 0 saturated heterocycles. The number of hydrogen-bond donors (Lipinski definition) is 0. The third-order valence-electron chi connectivity index (χ3n) is 6.57. The molecule has 0 radical (unpaired) electrons. The van der Waals surface area contributed by atoms with Crippen molar-refractivity contribution in [2.45, 2.75) is 78.6 Å². The molecule has 0 N–H and O–H groups in total. The van der Waals surface area contributed by atoms with Crippen LogP contribution >= 0.6 is 0 Å². The summed E-state index contributed by atoms with van der Waals surface area (Å²) in [6.45, 7) is 14.1. The predicted octanol–water partition coefficient (Wildman–Crippen LogP) is 4.89. The fourth-order valence-electron chi connectivity index (χ4n) is 4.65. The number of esters is 1. The lowest BCUT2D eigenvalue weighted by atomic mass is 9.85. The minimum Gasteiger partial charge on any atom is -0.462 e. The molecular formula is C28H38O4Si. The highest BCUT2D eigenvalue weighted by molar-refractivity contribution is 6.99. The van der Waals surface area contributed by atoms with Gasteiger partial charge >= 0.3 is 5.97 Å². The van der Waals surface area contributed by atoms with Gasteiger partial charge in [-0.1, -0.05) is 88.4 Å². The molecule has 1 fully saturated rings. The van der Waals surface area contributed by atoms with E-state index in [1.54, 1.807) is 0 Å². The summed E-state index contributed by atoms with van der Waals surface area (Å²) in [4.78, 5) is 25.9. The second-order valence-electron chi connectivity index (χ2n) is 11.3. The SMILES string of the molecule is C[C@@H]1CC(=O)[C@H](O[Si](c2ccccc2)(c2ccccc2)C(C)(C)C)C[C@H]1OC(=O)C(C)(C)C. The van der Waals surface area contributed by atoms with Crippen molar-refractivity contribution in [3.63, 3.8) is 0 Å². The largest absolute Gasteiger partial charge is 0.462 e. The van der Waals surface area contributed by atoms with E-state index in [0.29, 0.717) is 12.8 Å². The van der Waals surface area contributed by atoms with Crippen molar-refractivity contribution < 1.29 is 18.8 Å². The van der Waals surface area contributed by atoms with Crippen LogP contribution in [0, 0.1) is 11.3 Å². The van der Waals surface area contributed by atoms with E-state index < -0.39 is 19.8 Å². The number of carbonyl (C=O) groups is 2. The molecule has 2 aromatic carbocycles. The van der Waals surface area contributed by atoms with E-state index in [-0.39, 0.29) is 28.8 Å². The summed E-state index contributed by atoms with van der Waals surface area (Å²) < 4.78 is 13.0. The summed E-state index contributed by atoms with van der Waals surface area (Å²) in [6.07, 6.45) is -0.194. The van der Waals surface area contributed by atoms with Gasteiger partial charge in [-0.2, -0.15) is 0 Å². The predicted molar refractivity (Wildman–Crippen MR) is 135 cm³/mol. The standard InChI is InChI=1S/C28H38O4Si/c1-20-18-23(29)25(19-24(20)31-26(30)27(2,3)4)32-33(28(5,6)7,21-14-10-8-11-15-21)22-16-12-9-13-17-22/h8-17,20,24-25H,18-19H2,1-7H3/t20-,24-,25-/m1/s1. The zero-order valence-electron chi connectivity index (χ0n) is 21.1. The van der Waals surface area contributed by atoms with Gasteiger partial charge in [-0.15, -0.1) is 0 Å². The van der Waals surface area contributed by atoms with Gasteiger partial charge in [0, 0.05) is 18.8 Å². The lowest BCUT2D eigenvalue weighted by Crippen LogP contribution is -2.68. The average molecular weight is 467 g/mol. The lowest BCUT2D eigenvalue weighted by molar-refractivity contribution is -0.167. The molecule has 5 heteroatoms. The van der Waals surface area contributed by atoms with Gasteiger partial charge in [0.2, 0.25) is 0 Å². The Morgan fingerprint density at radius 3 is 1.79 bits per heavy atom. The van der Waals surface area contributed by atoms with Crippen LogP contribution in [0.3, 0.4) is 0 Å². The van der Waals surface area contributed by atoms with Gasteiger partial charge in [-0.25, -0.2) is 0 Å². The summed E-state index contributed by atoms with van der Waals surface area (Å²) in [5.41, 5.74) is -0.588. The second kappa shape index (κ2) is 9.55. The molecule has 4 nitrogen and oxygen atoms in total. The van der Waals surface area contributed by atoms with Crippen LogP contribution in [0.1, 0.15) is 61.3 Å². The molecule has 3 rings (SSSR count). The van der Waals surface area contributed by atoms with Crippen LogP contribution in [0.5, 0.6) is 0 Å². The maximum absolute atomic E-state index is 13.3. The number of ketones is 1. The minimum absolute atomic E-state index is 0.0252. The van der Waals surface area contributed by atoms with E-state index in [9.17, 15) is 9.59 Å². The molecule has 3 atom stereocenters. The van der Waals surface area contributed by atoms with Crippen molar-refractivity contribution in [3.05, 3.63) is 60.7 Å². The zero-order valence-corrected chi connectivity index (χ0v) is 22.1. The summed E-state index contributed by atoms with van der Waals surface area (Å²) >= 11 is 0. The summed E-state index contributed by atoms with van der Waals surface area (Å²) in [7, 11) is -2.87. The van der Waals surface area contributed by atoms with E-state index >= 15 is 0 Å². The Labute approximate surface area is 199 Å². The molecular weight excluding hydrogens is 428 g/mol. The number of rotatable bonds is 5. The van der Waals surface area contributed by atoms with Gasteiger partial charge < -0.3 is 9.16 Å². The average Bonchev–Trinajstić information content (AvgIpc) is 2.74. The Morgan fingerprint density at radius 1 is 0.879 bits per heavy atom. The first-order valence-corrected chi connectivity index (χ1v) is 13.8. The Hall–Kier alpha value is -2.24. The van der Waals surface area contributed by atoms with Gasteiger partial charge in [0.1, 0.15) is 12.2 Å². The number of carbonyl (C=O) groups excluding carboxylic acids is 2. The highest BCUT2D eigenvalue weighted by Crippen LogP contribution is 2.39. The van der Waals surface area contributed by atoms with Crippen molar-refractivity contribution in [2.24, 2.45) is 11.3 Å². The van der Waals surface area contributed by atoms with Crippen LogP contribution in [0.4, 0.5) is 0 Å². The minimum atomic E-state index is -2.87. The van der Waals surface area contributed by atoms with Crippen molar-refractivity contribution in [1.29, 1.82) is 0 Å². The molecule has 2 aromatic rings.